The van der Waals surface area contributed by atoms with Crippen LogP contribution in [-0.2, 0) is 11.2 Å². The molecule has 0 spiro atoms. The van der Waals surface area contributed by atoms with Gasteiger partial charge in [0.05, 0.1) is 22.6 Å². The van der Waals surface area contributed by atoms with Crippen LogP contribution in [0.3, 0.4) is 0 Å². The van der Waals surface area contributed by atoms with Gasteiger partial charge in [-0.2, -0.15) is 0 Å². The van der Waals surface area contributed by atoms with Crippen molar-refractivity contribution in [2.24, 2.45) is 10.2 Å². The molecule has 0 atom stereocenters. The molecule has 6 nitrogen and oxygen atoms in total. The number of aromatic nitrogens is 2. The molecule has 22 heavy (non-hydrogen) atoms. The normalized spacial score (nSPS) is 11.5. The lowest BCUT2D eigenvalue weighted by Crippen LogP contribution is -1.98. The van der Waals surface area contributed by atoms with Gasteiger partial charge in [-0.25, -0.2) is 4.98 Å². The first-order valence-electron chi connectivity index (χ1n) is 6.38. The number of hydrogen-bond acceptors (Lipinski definition) is 5. The Morgan fingerprint density at radius 3 is 3.05 bits per heavy atom. The fourth-order valence-electron chi connectivity index (χ4n) is 2.02. The van der Waals surface area contributed by atoms with Crippen LogP contribution < -0.4 is 0 Å². The van der Waals surface area contributed by atoms with E-state index in [1.807, 2.05) is 18.4 Å². The Morgan fingerprint density at radius 1 is 1.50 bits per heavy atom. The van der Waals surface area contributed by atoms with Crippen molar-refractivity contribution in [2.45, 2.75) is 13.3 Å². The van der Waals surface area contributed by atoms with Gasteiger partial charge in [0.25, 0.3) is 5.91 Å². The maximum Gasteiger partial charge on any atom is 0.270 e. The summed E-state index contributed by atoms with van der Waals surface area (Å²) in [6.07, 6.45) is 0.0979. The number of hydrogen-bond donors (Lipinski definition) is 2. The highest BCUT2D eigenvalue weighted by atomic mass is 79.9. The Hall–Kier alpha value is -2.06. The van der Waals surface area contributed by atoms with Crippen molar-refractivity contribution in [3.05, 3.63) is 38.8 Å². The van der Waals surface area contributed by atoms with E-state index in [1.54, 1.807) is 12.1 Å². The van der Waals surface area contributed by atoms with Crippen LogP contribution in [0.4, 0.5) is 5.69 Å². The fourth-order valence-corrected chi connectivity index (χ4v) is 3.00. The summed E-state index contributed by atoms with van der Waals surface area (Å²) in [5.41, 5.74) is 1.65. The first kappa shape index (κ1) is 14.9. The van der Waals surface area contributed by atoms with Gasteiger partial charge in [0, 0.05) is 15.2 Å². The SMILES string of the molecule is Cc1nc(CC(=O)N=Nc2c(O)[nH]c3ccc(Br)cc23)cs1. The van der Waals surface area contributed by atoms with Crippen LogP contribution in [0.1, 0.15) is 10.7 Å². The second-order valence-electron chi connectivity index (χ2n) is 4.64. The zero-order valence-electron chi connectivity index (χ0n) is 11.5. The van der Waals surface area contributed by atoms with Gasteiger partial charge >= 0.3 is 0 Å². The summed E-state index contributed by atoms with van der Waals surface area (Å²) in [5, 5.41) is 20.9. The van der Waals surface area contributed by atoms with Gasteiger partial charge in [0.2, 0.25) is 5.88 Å². The lowest BCUT2D eigenvalue weighted by molar-refractivity contribution is -0.117. The number of aryl methyl sites for hydroxylation is 1. The van der Waals surface area contributed by atoms with E-state index in [0.717, 1.165) is 15.0 Å². The number of carbonyl (C=O) groups excluding carboxylic acids is 1. The largest absolute Gasteiger partial charge is 0.493 e. The second-order valence-corrected chi connectivity index (χ2v) is 6.62. The highest BCUT2D eigenvalue weighted by Crippen LogP contribution is 2.36. The van der Waals surface area contributed by atoms with E-state index in [-0.39, 0.29) is 18.0 Å². The highest BCUT2D eigenvalue weighted by molar-refractivity contribution is 9.10. The van der Waals surface area contributed by atoms with Gasteiger partial charge in [-0.1, -0.05) is 15.9 Å². The van der Waals surface area contributed by atoms with E-state index >= 15 is 0 Å². The third-order valence-electron chi connectivity index (χ3n) is 2.97. The standard InChI is InChI=1S/C14H11BrN4O2S/c1-7-16-9(6-22-7)5-12(20)18-19-13-10-4-8(15)2-3-11(10)17-14(13)21/h2-4,6,17,21H,5H2,1H3. The quantitative estimate of drug-likeness (QED) is 0.667. The van der Waals surface area contributed by atoms with Crippen LogP contribution in [0.2, 0.25) is 0 Å². The molecule has 0 saturated heterocycles. The second kappa shape index (κ2) is 5.98. The fraction of sp³-hybridized carbons (Fsp3) is 0.143. The number of rotatable bonds is 3. The number of aromatic hydroxyl groups is 1. The number of halogens is 1. The van der Waals surface area contributed by atoms with Crippen molar-refractivity contribution >= 4 is 49.8 Å². The minimum Gasteiger partial charge on any atom is -0.493 e. The first-order valence-corrected chi connectivity index (χ1v) is 8.06. The maximum absolute atomic E-state index is 11.8. The molecule has 1 aromatic carbocycles. The minimum atomic E-state index is -0.408. The number of H-pyrrole nitrogens is 1. The van der Waals surface area contributed by atoms with E-state index in [2.05, 4.69) is 36.1 Å². The molecule has 0 fully saturated rings. The number of fused-ring (bicyclic) bond motifs is 1. The van der Waals surface area contributed by atoms with Gasteiger partial charge in [0.15, 0.2) is 5.69 Å². The first-order chi connectivity index (χ1) is 10.5. The van der Waals surface area contributed by atoms with E-state index in [1.165, 1.54) is 11.3 Å². The Bertz CT molecular complexity index is 884. The van der Waals surface area contributed by atoms with Gasteiger partial charge in [0.1, 0.15) is 0 Å². The van der Waals surface area contributed by atoms with E-state index in [0.29, 0.717) is 11.1 Å². The van der Waals surface area contributed by atoms with Gasteiger partial charge in [-0.3, -0.25) is 4.79 Å². The summed E-state index contributed by atoms with van der Waals surface area (Å²) in [7, 11) is 0. The summed E-state index contributed by atoms with van der Waals surface area (Å²) >= 11 is 4.84. The minimum absolute atomic E-state index is 0.0979. The number of nitrogens with one attached hydrogen (secondary N) is 1. The number of benzene rings is 1. The summed E-state index contributed by atoms with van der Waals surface area (Å²) in [5.74, 6) is -0.525. The maximum atomic E-state index is 11.8. The Labute approximate surface area is 138 Å². The van der Waals surface area contributed by atoms with Crippen molar-refractivity contribution in [1.82, 2.24) is 9.97 Å². The predicted octanol–water partition coefficient (Wildman–Crippen LogP) is 4.25. The predicted molar refractivity (Wildman–Crippen MR) is 87.7 cm³/mol. The van der Waals surface area contributed by atoms with Crippen molar-refractivity contribution in [2.75, 3.05) is 0 Å². The van der Waals surface area contributed by atoms with Crippen LogP contribution in [-0.4, -0.2) is 21.0 Å². The molecule has 1 amide bonds. The van der Waals surface area contributed by atoms with Crippen molar-refractivity contribution in [3.63, 3.8) is 0 Å². The zero-order valence-corrected chi connectivity index (χ0v) is 13.9. The number of nitrogens with zero attached hydrogens (tertiary/aromatic N) is 3. The number of thiazole rings is 1. The van der Waals surface area contributed by atoms with Crippen LogP contribution in [0.5, 0.6) is 5.88 Å². The lowest BCUT2D eigenvalue weighted by Gasteiger charge is -1.93. The van der Waals surface area contributed by atoms with Gasteiger partial charge in [-0.15, -0.1) is 21.6 Å². The third kappa shape index (κ3) is 3.07. The lowest BCUT2D eigenvalue weighted by atomic mass is 10.2. The molecule has 0 saturated carbocycles. The molecule has 0 aliphatic carbocycles. The number of carbonyl (C=O) groups is 1. The van der Waals surface area contributed by atoms with Crippen LogP contribution in [0.15, 0.2) is 38.3 Å². The topological polar surface area (TPSA) is 90.7 Å². The molecule has 0 aliphatic heterocycles. The monoisotopic (exact) mass is 378 g/mol. The average Bonchev–Trinajstić information content (AvgIpc) is 2.99. The number of azo groups is 1. The molecular formula is C14H11BrN4O2S. The summed E-state index contributed by atoms with van der Waals surface area (Å²) in [6, 6.07) is 5.45. The third-order valence-corrected chi connectivity index (χ3v) is 4.29. The van der Waals surface area contributed by atoms with Crippen LogP contribution in [0, 0.1) is 6.92 Å². The number of amides is 1. The van der Waals surface area contributed by atoms with Crippen molar-refractivity contribution in [1.29, 1.82) is 0 Å². The number of aromatic amines is 1. The molecule has 2 heterocycles. The zero-order chi connectivity index (χ0) is 15.7. The molecule has 0 aliphatic rings. The Balaban J connectivity index is 1.84. The molecule has 112 valence electrons. The van der Waals surface area contributed by atoms with E-state index in [4.69, 9.17) is 0 Å². The molecule has 2 N–H and O–H groups in total. The van der Waals surface area contributed by atoms with Crippen molar-refractivity contribution in [3.8, 4) is 5.88 Å². The summed E-state index contributed by atoms with van der Waals surface area (Å²) < 4.78 is 0.847. The average molecular weight is 379 g/mol. The van der Waals surface area contributed by atoms with E-state index in [9.17, 15) is 9.90 Å². The van der Waals surface area contributed by atoms with Crippen LogP contribution in [0.25, 0.3) is 10.9 Å². The molecule has 0 radical (unpaired) electrons. The summed E-state index contributed by atoms with van der Waals surface area (Å²) in [4.78, 5) is 18.8. The van der Waals surface area contributed by atoms with Gasteiger partial charge in [-0.05, 0) is 25.1 Å². The van der Waals surface area contributed by atoms with E-state index < -0.39 is 5.91 Å². The molecule has 3 aromatic rings. The Kier molecular flexibility index (Phi) is 4.04. The molecule has 2 aromatic heterocycles. The van der Waals surface area contributed by atoms with Crippen molar-refractivity contribution < 1.29 is 9.90 Å². The molecule has 0 unspecified atom stereocenters. The van der Waals surface area contributed by atoms with Gasteiger partial charge < -0.3 is 10.1 Å². The highest BCUT2D eigenvalue weighted by Gasteiger charge is 2.12. The smallest absolute Gasteiger partial charge is 0.270 e. The Morgan fingerprint density at radius 2 is 2.32 bits per heavy atom. The summed E-state index contributed by atoms with van der Waals surface area (Å²) in [6.45, 7) is 1.88. The molecule has 0 bridgehead atoms. The molecule has 8 heteroatoms. The molecule has 3 rings (SSSR count). The molecular weight excluding hydrogens is 368 g/mol. The van der Waals surface area contributed by atoms with Crippen LogP contribution >= 0.6 is 27.3 Å².